The molecule has 1 N–H and O–H groups in total. The molecule has 0 bridgehead atoms. The molecule has 188 valence electrons. The molecule has 4 fully saturated rings. The van der Waals surface area contributed by atoms with Gasteiger partial charge in [0.25, 0.3) is 0 Å². The van der Waals surface area contributed by atoms with Crippen molar-refractivity contribution >= 4 is 5.97 Å². The van der Waals surface area contributed by atoms with Crippen molar-refractivity contribution in [2.24, 2.45) is 17.8 Å². The second kappa shape index (κ2) is 11.6. The van der Waals surface area contributed by atoms with Crippen LogP contribution in [0.3, 0.4) is 0 Å². The van der Waals surface area contributed by atoms with Crippen LogP contribution in [0.25, 0.3) is 0 Å². The summed E-state index contributed by atoms with van der Waals surface area (Å²) in [6.07, 6.45) is 20.5. The summed E-state index contributed by atoms with van der Waals surface area (Å²) in [6, 6.07) is 10.00. The average molecular weight is 466 g/mol. The predicted molar refractivity (Wildman–Crippen MR) is 139 cm³/mol. The maximum Gasteiger partial charge on any atom is 0.303 e. The molecule has 0 spiro atoms. The molecule has 5 rings (SSSR count). The van der Waals surface area contributed by atoms with Crippen molar-refractivity contribution in [1.29, 1.82) is 0 Å². The molecule has 0 amide bonds. The van der Waals surface area contributed by atoms with Gasteiger partial charge in [-0.05, 0) is 86.2 Å². The first-order valence-corrected chi connectivity index (χ1v) is 14.7. The van der Waals surface area contributed by atoms with Gasteiger partial charge >= 0.3 is 5.97 Å². The molecule has 0 aliphatic heterocycles. The number of nitrogens with zero attached hydrogens (tertiary/aromatic N) is 1. The molecule has 4 aliphatic carbocycles. The quantitative estimate of drug-likeness (QED) is 0.405. The van der Waals surface area contributed by atoms with E-state index in [1.54, 1.807) is 0 Å². The largest absolute Gasteiger partial charge is 0.481 e. The first-order valence-electron chi connectivity index (χ1n) is 14.7. The molecule has 3 nitrogen and oxygen atoms in total. The highest BCUT2D eigenvalue weighted by atomic mass is 16.4. The summed E-state index contributed by atoms with van der Waals surface area (Å²) < 4.78 is 0. The van der Waals surface area contributed by atoms with Crippen LogP contribution in [0.5, 0.6) is 0 Å². The Bertz CT molecular complexity index is 753. The lowest BCUT2D eigenvalue weighted by molar-refractivity contribution is -0.138. The first kappa shape index (κ1) is 24.3. The molecule has 4 saturated carbocycles. The first-order chi connectivity index (χ1) is 16.7. The molecule has 1 aromatic rings. The van der Waals surface area contributed by atoms with E-state index in [0.29, 0.717) is 18.4 Å². The Morgan fingerprint density at radius 1 is 0.706 bits per heavy atom. The Labute approximate surface area is 207 Å². The highest BCUT2D eigenvalue weighted by molar-refractivity contribution is 5.67. The predicted octanol–water partition coefficient (Wildman–Crippen LogP) is 7.75. The van der Waals surface area contributed by atoms with Gasteiger partial charge in [-0.25, -0.2) is 0 Å². The number of aliphatic carboxylic acids is 1. The van der Waals surface area contributed by atoms with E-state index >= 15 is 0 Å². The van der Waals surface area contributed by atoms with Crippen LogP contribution in [-0.2, 0) is 4.79 Å². The highest BCUT2D eigenvalue weighted by Crippen LogP contribution is 2.45. The van der Waals surface area contributed by atoms with E-state index in [1.807, 2.05) is 0 Å². The molecule has 4 aliphatic rings. The molecule has 0 saturated heterocycles. The van der Waals surface area contributed by atoms with Gasteiger partial charge in [0, 0.05) is 31.5 Å². The summed E-state index contributed by atoms with van der Waals surface area (Å²) in [6.45, 7) is 2.50. The van der Waals surface area contributed by atoms with Gasteiger partial charge in [0.15, 0.2) is 0 Å². The number of carboxylic acid groups (broad SMARTS) is 1. The zero-order chi connectivity index (χ0) is 23.3. The molecule has 3 unspecified atom stereocenters. The van der Waals surface area contributed by atoms with Crippen molar-refractivity contribution < 1.29 is 9.90 Å². The van der Waals surface area contributed by atoms with Crippen LogP contribution in [0.2, 0.25) is 0 Å². The van der Waals surface area contributed by atoms with Crippen LogP contribution in [0, 0.1) is 17.8 Å². The number of benzene rings is 1. The van der Waals surface area contributed by atoms with E-state index in [0.717, 1.165) is 24.2 Å². The summed E-state index contributed by atoms with van der Waals surface area (Å²) in [5.41, 5.74) is 2.91. The second-order valence-corrected chi connectivity index (χ2v) is 12.3. The van der Waals surface area contributed by atoms with Crippen LogP contribution in [0.4, 0.5) is 0 Å². The SMILES string of the molecule is O=C(O)CC1CCCC(N(CC2CCCCC2)CC2CCCCC2)C1c1ccc(C2CC2)cc1. The van der Waals surface area contributed by atoms with Crippen LogP contribution >= 0.6 is 0 Å². The number of rotatable bonds is 9. The Morgan fingerprint density at radius 3 is 1.79 bits per heavy atom. The summed E-state index contributed by atoms with van der Waals surface area (Å²) in [4.78, 5) is 14.8. The molecule has 1 aromatic carbocycles. The molecule has 0 aromatic heterocycles. The van der Waals surface area contributed by atoms with E-state index in [9.17, 15) is 9.90 Å². The topological polar surface area (TPSA) is 40.5 Å². The van der Waals surface area contributed by atoms with Crippen molar-refractivity contribution in [3.63, 3.8) is 0 Å². The Kier molecular flexibility index (Phi) is 8.30. The van der Waals surface area contributed by atoms with Gasteiger partial charge in [0.2, 0.25) is 0 Å². The van der Waals surface area contributed by atoms with Crippen molar-refractivity contribution in [3.05, 3.63) is 35.4 Å². The van der Waals surface area contributed by atoms with E-state index in [2.05, 4.69) is 29.2 Å². The zero-order valence-corrected chi connectivity index (χ0v) is 21.3. The maximum atomic E-state index is 11.9. The third kappa shape index (κ3) is 6.25. The van der Waals surface area contributed by atoms with Gasteiger partial charge in [-0.3, -0.25) is 9.69 Å². The number of carbonyl (C=O) groups is 1. The minimum absolute atomic E-state index is 0.267. The zero-order valence-electron chi connectivity index (χ0n) is 21.3. The third-order valence-corrected chi connectivity index (χ3v) is 9.71. The summed E-state index contributed by atoms with van der Waals surface area (Å²) in [5, 5.41) is 9.79. The number of carboxylic acids is 1. The maximum absolute atomic E-state index is 11.9. The fourth-order valence-electron chi connectivity index (χ4n) is 7.77. The smallest absolute Gasteiger partial charge is 0.303 e. The minimum Gasteiger partial charge on any atom is -0.481 e. The van der Waals surface area contributed by atoms with Crippen LogP contribution < -0.4 is 0 Å². The van der Waals surface area contributed by atoms with Gasteiger partial charge in [0.05, 0.1) is 0 Å². The Balaban J connectivity index is 1.41. The van der Waals surface area contributed by atoms with Gasteiger partial charge < -0.3 is 5.11 Å². The van der Waals surface area contributed by atoms with Gasteiger partial charge in [-0.1, -0.05) is 69.2 Å². The standard InChI is InChI=1S/C31H47NO2/c33-30(34)20-28-12-7-13-29(31(28)27-18-16-26(17-19-27)25-14-15-25)32(21-23-8-3-1-4-9-23)22-24-10-5-2-6-11-24/h16-19,23-25,28-29,31H,1-15,20-22H2,(H,33,34). The van der Waals surface area contributed by atoms with Crippen LogP contribution in [0.15, 0.2) is 24.3 Å². The normalized spacial score (nSPS) is 29.4. The Hall–Kier alpha value is -1.35. The van der Waals surface area contributed by atoms with Gasteiger partial charge in [-0.15, -0.1) is 0 Å². The molecular weight excluding hydrogens is 418 g/mol. The fourth-order valence-corrected chi connectivity index (χ4v) is 7.77. The minimum atomic E-state index is -0.614. The van der Waals surface area contributed by atoms with Gasteiger partial charge in [-0.2, -0.15) is 0 Å². The fraction of sp³-hybridized carbons (Fsp3) is 0.774. The van der Waals surface area contributed by atoms with Crippen molar-refractivity contribution in [3.8, 4) is 0 Å². The molecule has 3 heteroatoms. The summed E-state index contributed by atoms with van der Waals surface area (Å²) >= 11 is 0. The lowest BCUT2D eigenvalue weighted by Gasteiger charge is -2.47. The van der Waals surface area contributed by atoms with E-state index in [-0.39, 0.29) is 5.92 Å². The Morgan fingerprint density at radius 2 is 1.26 bits per heavy atom. The van der Waals surface area contributed by atoms with Crippen molar-refractivity contribution in [1.82, 2.24) is 4.90 Å². The average Bonchev–Trinajstić information content (AvgIpc) is 3.70. The summed E-state index contributed by atoms with van der Waals surface area (Å²) in [5.74, 6) is 2.48. The number of hydrogen-bond acceptors (Lipinski definition) is 2. The molecule has 34 heavy (non-hydrogen) atoms. The lowest BCUT2D eigenvalue weighted by atomic mass is 9.69. The second-order valence-electron chi connectivity index (χ2n) is 12.3. The summed E-state index contributed by atoms with van der Waals surface area (Å²) in [7, 11) is 0. The highest BCUT2D eigenvalue weighted by Gasteiger charge is 2.40. The van der Waals surface area contributed by atoms with Crippen LogP contribution in [-0.4, -0.2) is 35.1 Å². The van der Waals surface area contributed by atoms with Crippen molar-refractivity contribution in [2.45, 2.75) is 121 Å². The van der Waals surface area contributed by atoms with E-state index in [4.69, 9.17) is 0 Å². The molecule has 0 radical (unpaired) electrons. The monoisotopic (exact) mass is 465 g/mol. The van der Waals surface area contributed by atoms with E-state index in [1.165, 1.54) is 114 Å². The third-order valence-electron chi connectivity index (χ3n) is 9.71. The molecular formula is C31H47NO2. The van der Waals surface area contributed by atoms with Crippen molar-refractivity contribution in [2.75, 3.05) is 13.1 Å². The van der Waals surface area contributed by atoms with E-state index < -0.39 is 5.97 Å². The number of hydrogen-bond donors (Lipinski definition) is 1. The molecule has 3 atom stereocenters. The lowest BCUT2D eigenvalue weighted by Crippen LogP contribution is -2.48. The molecule has 0 heterocycles. The van der Waals surface area contributed by atoms with Crippen LogP contribution in [0.1, 0.15) is 126 Å². The van der Waals surface area contributed by atoms with Gasteiger partial charge in [0.1, 0.15) is 0 Å².